The van der Waals surface area contributed by atoms with Crippen LogP contribution in [0.2, 0.25) is 0 Å². The number of alkyl halides is 1. The van der Waals surface area contributed by atoms with Crippen molar-refractivity contribution < 1.29 is 13.9 Å². The van der Waals surface area contributed by atoms with Crippen LogP contribution in [-0.4, -0.2) is 12.1 Å². The van der Waals surface area contributed by atoms with Crippen molar-refractivity contribution in [1.82, 2.24) is 0 Å². The van der Waals surface area contributed by atoms with E-state index < -0.39 is 12.1 Å². The van der Waals surface area contributed by atoms with E-state index in [9.17, 15) is 9.18 Å². The summed E-state index contributed by atoms with van der Waals surface area (Å²) in [4.78, 5) is 12.3. The third-order valence-corrected chi connectivity index (χ3v) is 4.70. The molecule has 28 heavy (non-hydrogen) atoms. The van der Waals surface area contributed by atoms with Crippen molar-refractivity contribution in [2.45, 2.75) is 25.1 Å². The summed E-state index contributed by atoms with van der Waals surface area (Å²) < 4.78 is 20.2. The number of esters is 1. The lowest BCUT2D eigenvalue weighted by atomic mass is 9.86. The molecular weight excluding hydrogens is 351 g/mol. The molecule has 0 N–H and O–H groups in total. The van der Waals surface area contributed by atoms with Gasteiger partial charge in [0, 0.05) is 5.92 Å². The highest BCUT2D eigenvalue weighted by atomic mass is 19.1. The van der Waals surface area contributed by atoms with Crippen LogP contribution >= 0.6 is 0 Å². The van der Waals surface area contributed by atoms with E-state index in [4.69, 9.17) is 4.74 Å². The average Bonchev–Trinajstić information content (AvgIpc) is 2.77. The van der Waals surface area contributed by atoms with E-state index in [1.165, 1.54) is 0 Å². The molecule has 3 rings (SSSR count). The highest BCUT2D eigenvalue weighted by Gasteiger charge is 2.25. The van der Waals surface area contributed by atoms with Crippen molar-refractivity contribution in [2.24, 2.45) is 0 Å². The Bertz CT molecular complexity index is 852. The smallest absolute Gasteiger partial charge is 0.336 e. The van der Waals surface area contributed by atoms with Gasteiger partial charge in [-0.25, -0.2) is 9.18 Å². The molecule has 3 aromatic rings. The van der Waals surface area contributed by atoms with Crippen LogP contribution in [0.25, 0.3) is 0 Å². The Morgan fingerprint density at radius 3 is 1.79 bits per heavy atom. The summed E-state index contributed by atoms with van der Waals surface area (Å²) in [6.07, 6.45) is -1.36. The molecule has 142 valence electrons. The van der Waals surface area contributed by atoms with Gasteiger partial charge in [0.2, 0.25) is 0 Å². The van der Waals surface area contributed by atoms with Gasteiger partial charge >= 0.3 is 5.97 Å². The van der Waals surface area contributed by atoms with Gasteiger partial charge in [0.1, 0.15) is 12.8 Å². The molecule has 1 atom stereocenters. The first-order valence-electron chi connectivity index (χ1n) is 9.29. The highest BCUT2D eigenvalue weighted by molar-refractivity contribution is 5.88. The Kier molecular flexibility index (Phi) is 6.74. The predicted molar refractivity (Wildman–Crippen MR) is 110 cm³/mol. The molecule has 0 fully saturated rings. The van der Waals surface area contributed by atoms with E-state index in [0.29, 0.717) is 0 Å². The molecule has 0 heterocycles. The molecular formula is C25H23FO2. The third-order valence-electron chi connectivity index (χ3n) is 4.70. The minimum absolute atomic E-state index is 0.103. The van der Waals surface area contributed by atoms with E-state index in [2.05, 4.69) is 6.58 Å². The number of halogens is 1. The van der Waals surface area contributed by atoms with Crippen LogP contribution in [0.1, 0.15) is 29.0 Å². The average molecular weight is 374 g/mol. The standard InChI is InChI=1S/C25H23FO2/c1-19(25(27)28-18-20-11-5-2-6-12-20)24(26)17-23(21-13-7-3-8-14-21)22-15-9-4-10-16-22/h2-16,23-24H,1,17-18H2/t24-/m0/s1. The Hall–Kier alpha value is -3.20. The number of rotatable bonds is 8. The number of carbonyl (C=O) groups is 1. The Labute approximate surface area is 165 Å². The van der Waals surface area contributed by atoms with E-state index in [1.54, 1.807) is 0 Å². The Morgan fingerprint density at radius 2 is 1.29 bits per heavy atom. The summed E-state index contributed by atoms with van der Waals surface area (Å²) >= 11 is 0. The summed E-state index contributed by atoms with van der Waals surface area (Å²) in [6, 6.07) is 28.8. The third kappa shape index (κ3) is 5.17. The van der Waals surface area contributed by atoms with Crippen LogP contribution < -0.4 is 0 Å². The summed E-state index contributed by atoms with van der Waals surface area (Å²) in [7, 11) is 0. The molecule has 0 spiro atoms. The van der Waals surface area contributed by atoms with Crippen molar-refractivity contribution >= 4 is 5.97 Å². The van der Waals surface area contributed by atoms with Gasteiger partial charge in [-0.05, 0) is 23.1 Å². The van der Waals surface area contributed by atoms with Gasteiger partial charge in [0.05, 0.1) is 5.57 Å². The topological polar surface area (TPSA) is 26.3 Å². The molecule has 0 saturated carbocycles. The highest BCUT2D eigenvalue weighted by Crippen LogP contribution is 2.31. The van der Waals surface area contributed by atoms with E-state index in [0.717, 1.165) is 16.7 Å². The van der Waals surface area contributed by atoms with Crippen molar-refractivity contribution in [3.8, 4) is 0 Å². The molecule has 0 amide bonds. The number of benzene rings is 3. The van der Waals surface area contributed by atoms with Crippen LogP contribution in [-0.2, 0) is 16.1 Å². The first kappa shape index (κ1) is 19.6. The molecule has 0 aliphatic heterocycles. The lowest BCUT2D eigenvalue weighted by molar-refractivity contribution is -0.141. The van der Waals surface area contributed by atoms with Gasteiger partial charge in [-0.15, -0.1) is 0 Å². The number of hydrogen-bond acceptors (Lipinski definition) is 2. The minimum Gasteiger partial charge on any atom is -0.457 e. The van der Waals surface area contributed by atoms with Crippen molar-refractivity contribution in [3.05, 3.63) is 120 Å². The molecule has 0 saturated heterocycles. The SMILES string of the molecule is C=C(C(=O)OCc1ccccc1)[C@@H](F)CC(c1ccccc1)c1ccccc1. The predicted octanol–water partition coefficient (Wildman–Crippen LogP) is 5.85. The fraction of sp³-hybridized carbons (Fsp3) is 0.160. The second-order valence-corrected chi connectivity index (χ2v) is 6.66. The van der Waals surface area contributed by atoms with Gasteiger partial charge < -0.3 is 4.74 Å². The molecule has 0 aliphatic carbocycles. The largest absolute Gasteiger partial charge is 0.457 e. The molecule has 0 radical (unpaired) electrons. The van der Waals surface area contributed by atoms with Crippen molar-refractivity contribution in [2.75, 3.05) is 0 Å². The molecule has 0 aromatic heterocycles. The van der Waals surface area contributed by atoms with E-state index in [1.807, 2.05) is 91.0 Å². The van der Waals surface area contributed by atoms with Crippen LogP contribution in [0.5, 0.6) is 0 Å². The van der Waals surface area contributed by atoms with Crippen LogP contribution in [0.4, 0.5) is 4.39 Å². The molecule has 0 bridgehead atoms. The zero-order chi connectivity index (χ0) is 19.8. The lowest BCUT2D eigenvalue weighted by Gasteiger charge is -2.21. The Balaban J connectivity index is 1.68. The monoisotopic (exact) mass is 374 g/mol. The minimum atomic E-state index is -1.49. The first-order chi connectivity index (χ1) is 13.6. The fourth-order valence-corrected chi connectivity index (χ4v) is 3.13. The van der Waals surface area contributed by atoms with Crippen LogP contribution in [0.3, 0.4) is 0 Å². The molecule has 2 nitrogen and oxygen atoms in total. The van der Waals surface area contributed by atoms with Gasteiger partial charge in [-0.2, -0.15) is 0 Å². The Morgan fingerprint density at radius 1 is 0.821 bits per heavy atom. The first-order valence-corrected chi connectivity index (χ1v) is 9.29. The number of hydrogen-bond donors (Lipinski definition) is 0. The normalized spacial score (nSPS) is 11.8. The zero-order valence-corrected chi connectivity index (χ0v) is 15.6. The molecule has 0 unspecified atom stereocenters. The maximum Gasteiger partial charge on any atom is 0.336 e. The van der Waals surface area contributed by atoms with Crippen molar-refractivity contribution in [3.63, 3.8) is 0 Å². The number of carbonyl (C=O) groups excluding carboxylic acids is 1. The summed E-state index contributed by atoms with van der Waals surface area (Å²) in [5, 5.41) is 0. The van der Waals surface area contributed by atoms with Gasteiger partial charge in [0.25, 0.3) is 0 Å². The number of ether oxygens (including phenoxy) is 1. The second kappa shape index (κ2) is 9.65. The summed E-state index contributed by atoms with van der Waals surface area (Å²) in [5.41, 5.74) is 2.71. The van der Waals surface area contributed by atoms with E-state index >= 15 is 0 Å². The summed E-state index contributed by atoms with van der Waals surface area (Å²) in [5.74, 6) is -0.868. The maximum atomic E-state index is 15.0. The van der Waals surface area contributed by atoms with Gasteiger partial charge in [0.15, 0.2) is 0 Å². The summed E-state index contributed by atoms with van der Waals surface area (Å²) in [6.45, 7) is 3.76. The molecule has 3 heteroatoms. The van der Waals surface area contributed by atoms with Gasteiger partial charge in [-0.3, -0.25) is 0 Å². The van der Waals surface area contributed by atoms with Gasteiger partial charge in [-0.1, -0.05) is 97.6 Å². The maximum absolute atomic E-state index is 15.0. The second-order valence-electron chi connectivity index (χ2n) is 6.66. The molecule has 3 aromatic carbocycles. The fourth-order valence-electron chi connectivity index (χ4n) is 3.13. The van der Waals surface area contributed by atoms with E-state index in [-0.39, 0.29) is 24.5 Å². The molecule has 0 aliphatic rings. The quantitative estimate of drug-likeness (QED) is 0.365. The lowest BCUT2D eigenvalue weighted by Crippen LogP contribution is -2.19. The van der Waals surface area contributed by atoms with Crippen LogP contribution in [0.15, 0.2) is 103 Å². The van der Waals surface area contributed by atoms with Crippen molar-refractivity contribution in [1.29, 1.82) is 0 Å². The van der Waals surface area contributed by atoms with Crippen LogP contribution in [0, 0.1) is 0 Å². The zero-order valence-electron chi connectivity index (χ0n) is 15.6.